The van der Waals surface area contributed by atoms with Crippen LogP contribution in [0.4, 0.5) is 4.48 Å². The average Bonchev–Trinajstić information content (AvgIpc) is 1.30. The molecule has 2 heteroatoms. The molecule has 0 N–H and O–H groups in total. The van der Waals surface area contributed by atoms with Crippen molar-refractivity contribution in [3.05, 3.63) is 0 Å². The molecule has 0 spiro atoms. The summed E-state index contributed by atoms with van der Waals surface area (Å²) in [6.45, 7) is 1.31. The van der Waals surface area contributed by atoms with Crippen LogP contribution < -0.4 is 0 Å². The largest absolute Gasteiger partial charge is 0.146 e. The lowest BCUT2D eigenvalue weighted by Crippen LogP contribution is -2.28. The lowest BCUT2D eigenvalue weighted by Gasteiger charge is -2.18. The third-order valence-corrected chi connectivity index (χ3v) is 0.801. The van der Waals surface area contributed by atoms with Gasteiger partial charge in [-0.05, 0) is 6.42 Å². The maximum absolute atomic E-state index is 11.4. The van der Waals surface area contributed by atoms with Gasteiger partial charge in [-0.25, -0.2) is 0 Å². The van der Waals surface area contributed by atoms with E-state index in [1.54, 1.807) is 0 Å². The van der Waals surface area contributed by atoms with E-state index < -0.39 is 0 Å². The molecule has 1 heterocycles. The Labute approximate surface area is 30.3 Å². The predicted molar refractivity (Wildman–Crippen MR) is 17.3 cm³/mol. The third-order valence-electron chi connectivity index (χ3n) is 0.801. The fraction of sp³-hybridized carbons (Fsp3) is 1.00. The van der Waals surface area contributed by atoms with Gasteiger partial charge in [0.2, 0.25) is 0 Å². The maximum Gasteiger partial charge on any atom is 0.0303 e. The van der Waals surface area contributed by atoms with Crippen molar-refractivity contribution in [1.82, 2.24) is 5.12 Å². The van der Waals surface area contributed by atoms with E-state index in [0.717, 1.165) is 11.5 Å². The van der Waals surface area contributed by atoms with Gasteiger partial charge in [-0.2, -0.15) is 0 Å². The molecular formula is C3H6FN. The van der Waals surface area contributed by atoms with Gasteiger partial charge >= 0.3 is 0 Å². The van der Waals surface area contributed by atoms with E-state index in [1.807, 2.05) is 0 Å². The normalized spacial score (nSPS) is 25.8. The van der Waals surface area contributed by atoms with Crippen LogP contribution in [0.2, 0.25) is 0 Å². The van der Waals surface area contributed by atoms with Crippen LogP contribution in [0.25, 0.3) is 0 Å². The van der Waals surface area contributed by atoms with Crippen molar-refractivity contribution in [2.75, 3.05) is 13.1 Å². The van der Waals surface area contributed by atoms with Gasteiger partial charge in [0.05, 0.1) is 0 Å². The Morgan fingerprint density at radius 3 is 1.80 bits per heavy atom. The number of halogens is 1. The molecule has 30 valence electrons. The summed E-state index contributed by atoms with van der Waals surface area (Å²) >= 11 is 0. The van der Waals surface area contributed by atoms with Gasteiger partial charge < -0.3 is 0 Å². The summed E-state index contributed by atoms with van der Waals surface area (Å²) in [6.07, 6.45) is 1.04. The maximum atomic E-state index is 11.4. The Balaban J connectivity index is 2.08. The smallest absolute Gasteiger partial charge is 0.0303 e. The van der Waals surface area contributed by atoms with Crippen molar-refractivity contribution in [3.8, 4) is 0 Å². The summed E-state index contributed by atoms with van der Waals surface area (Å²) in [5.74, 6) is 0. The molecule has 0 atom stereocenters. The van der Waals surface area contributed by atoms with Crippen LogP contribution in [0.3, 0.4) is 0 Å². The number of hydrogen-bond donors (Lipinski definition) is 0. The van der Waals surface area contributed by atoms with Crippen LogP contribution in [-0.2, 0) is 0 Å². The topological polar surface area (TPSA) is 3.24 Å². The minimum atomic E-state index is 0.653. The van der Waals surface area contributed by atoms with Crippen LogP contribution in [0.1, 0.15) is 6.42 Å². The zero-order valence-corrected chi connectivity index (χ0v) is 2.95. The minimum absolute atomic E-state index is 0.653. The van der Waals surface area contributed by atoms with Gasteiger partial charge in [-0.3, -0.25) is 0 Å². The molecule has 0 radical (unpaired) electrons. The summed E-state index contributed by atoms with van der Waals surface area (Å²) in [4.78, 5) is 0. The zero-order chi connectivity index (χ0) is 3.70. The van der Waals surface area contributed by atoms with Gasteiger partial charge in [0.15, 0.2) is 0 Å². The van der Waals surface area contributed by atoms with E-state index in [9.17, 15) is 4.48 Å². The molecule has 1 nitrogen and oxygen atoms in total. The summed E-state index contributed by atoms with van der Waals surface area (Å²) in [7, 11) is 0. The minimum Gasteiger partial charge on any atom is -0.146 e. The van der Waals surface area contributed by atoms with Crippen LogP contribution in [-0.4, -0.2) is 18.2 Å². The van der Waals surface area contributed by atoms with Crippen LogP contribution in [0.5, 0.6) is 0 Å². The van der Waals surface area contributed by atoms with E-state index >= 15 is 0 Å². The van der Waals surface area contributed by atoms with Gasteiger partial charge in [0.25, 0.3) is 0 Å². The average molecular weight is 75.1 g/mol. The van der Waals surface area contributed by atoms with E-state index in [-0.39, 0.29) is 0 Å². The highest BCUT2D eigenvalue weighted by molar-refractivity contribution is 4.55. The fourth-order valence-corrected chi connectivity index (χ4v) is 0.278. The Hall–Kier alpha value is -0.110. The summed E-state index contributed by atoms with van der Waals surface area (Å²) < 4.78 is 11.4. The van der Waals surface area contributed by atoms with Crippen molar-refractivity contribution in [2.45, 2.75) is 6.42 Å². The lowest BCUT2D eigenvalue weighted by atomic mass is 10.3. The van der Waals surface area contributed by atoms with Crippen molar-refractivity contribution >= 4 is 0 Å². The first-order valence-corrected chi connectivity index (χ1v) is 1.80. The van der Waals surface area contributed by atoms with Gasteiger partial charge in [-0.1, -0.05) is 0 Å². The summed E-state index contributed by atoms with van der Waals surface area (Å²) in [5, 5.41) is 0.806. The molecule has 1 aliphatic rings. The van der Waals surface area contributed by atoms with Crippen LogP contribution >= 0.6 is 0 Å². The number of nitrogens with zero attached hydrogens (tertiary/aromatic N) is 1. The highest BCUT2D eigenvalue weighted by Gasteiger charge is 2.09. The van der Waals surface area contributed by atoms with Crippen molar-refractivity contribution in [3.63, 3.8) is 0 Å². The first kappa shape index (κ1) is 3.09. The SMILES string of the molecule is FN1CCC1. The summed E-state index contributed by atoms with van der Waals surface area (Å²) in [6, 6.07) is 0. The molecule has 0 saturated carbocycles. The van der Waals surface area contributed by atoms with Crippen LogP contribution in [0, 0.1) is 0 Å². The second-order valence-corrected chi connectivity index (χ2v) is 1.26. The molecule has 1 fully saturated rings. The number of hydrogen-bond acceptors (Lipinski definition) is 1. The van der Waals surface area contributed by atoms with Crippen molar-refractivity contribution in [1.29, 1.82) is 0 Å². The Morgan fingerprint density at radius 2 is 1.80 bits per heavy atom. The fourth-order valence-electron chi connectivity index (χ4n) is 0.278. The third kappa shape index (κ3) is 0.401. The molecular weight excluding hydrogens is 69.0 g/mol. The molecule has 0 aromatic carbocycles. The summed E-state index contributed by atoms with van der Waals surface area (Å²) in [5.41, 5.74) is 0. The van der Waals surface area contributed by atoms with Gasteiger partial charge in [0, 0.05) is 13.1 Å². The molecule has 1 saturated heterocycles. The Kier molecular flexibility index (Phi) is 0.580. The van der Waals surface area contributed by atoms with E-state index in [0.29, 0.717) is 13.1 Å². The highest BCUT2D eigenvalue weighted by Crippen LogP contribution is 2.03. The molecule has 1 rings (SSSR count). The second-order valence-electron chi connectivity index (χ2n) is 1.26. The highest BCUT2D eigenvalue weighted by atomic mass is 19.2. The molecule has 5 heavy (non-hydrogen) atoms. The van der Waals surface area contributed by atoms with Gasteiger partial charge in [-0.15, -0.1) is 9.60 Å². The predicted octanol–water partition coefficient (Wildman–Crippen LogP) is 0.577. The van der Waals surface area contributed by atoms with E-state index in [4.69, 9.17) is 0 Å². The van der Waals surface area contributed by atoms with Crippen molar-refractivity contribution in [2.24, 2.45) is 0 Å². The molecule has 0 amide bonds. The Bertz CT molecular complexity index is 33.9. The van der Waals surface area contributed by atoms with E-state index in [2.05, 4.69) is 0 Å². The quantitative estimate of drug-likeness (QED) is 0.380. The second kappa shape index (κ2) is 0.937. The molecule has 0 aliphatic carbocycles. The number of rotatable bonds is 0. The zero-order valence-electron chi connectivity index (χ0n) is 2.95. The van der Waals surface area contributed by atoms with Crippen molar-refractivity contribution < 1.29 is 4.48 Å². The molecule has 0 unspecified atom stereocenters. The first-order chi connectivity index (χ1) is 2.39. The molecule has 0 aromatic rings. The monoisotopic (exact) mass is 75.0 g/mol. The molecule has 1 aliphatic heterocycles. The Morgan fingerprint density at radius 1 is 1.40 bits per heavy atom. The van der Waals surface area contributed by atoms with Crippen LogP contribution in [0.15, 0.2) is 0 Å². The molecule has 0 aromatic heterocycles. The van der Waals surface area contributed by atoms with Gasteiger partial charge in [0.1, 0.15) is 0 Å². The first-order valence-electron chi connectivity index (χ1n) is 1.80. The van der Waals surface area contributed by atoms with E-state index in [1.165, 1.54) is 0 Å². The standard InChI is InChI=1S/C3H6FN/c4-5-2-1-3-5/h1-3H2. The molecule has 0 bridgehead atoms. The lowest BCUT2D eigenvalue weighted by molar-refractivity contribution is -0.0344.